The summed E-state index contributed by atoms with van der Waals surface area (Å²) in [5.74, 6) is 0.976. The molecule has 0 spiro atoms. The van der Waals surface area contributed by atoms with Crippen molar-refractivity contribution >= 4 is 5.82 Å². The van der Waals surface area contributed by atoms with E-state index in [-0.39, 0.29) is 5.60 Å². The van der Waals surface area contributed by atoms with Crippen molar-refractivity contribution < 1.29 is 5.11 Å². The molecule has 0 atom stereocenters. The number of hydrogen-bond donors (Lipinski definition) is 1. The van der Waals surface area contributed by atoms with Gasteiger partial charge in [-0.3, -0.25) is 0 Å². The summed E-state index contributed by atoms with van der Waals surface area (Å²) in [5, 5.41) is 9.70. The van der Waals surface area contributed by atoms with Crippen LogP contribution < -0.4 is 4.90 Å². The van der Waals surface area contributed by atoms with Crippen LogP contribution in [-0.2, 0) is 6.42 Å². The number of aliphatic hydroxyl groups is 1. The second kappa shape index (κ2) is 3.81. The van der Waals surface area contributed by atoms with Gasteiger partial charge in [-0.25, -0.2) is 4.98 Å². The van der Waals surface area contributed by atoms with Gasteiger partial charge in [0.1, 0.15) is 5.82 Å². The van der Waals surface area contributed by atoms with Crippen molar-refractivity contribution in [2.45, 2.75) is 31.3 Å². The summed E-state index contributed by atoms with van der Waals surface area (Å²) in [5.41, 5.74) is 0.862. The van der Waals surface area contributed by atoms with Gasteiger partial charge < -0.3 is 10.0 Å². The molecule has 1 aromatic heterocycles. The molecular formula is C12H18N2O. The SMILES string of the molecule is CN(C)c1ccc(CCC2(O)CC2)cn1. The van der Waals surface area contributed by atoms with Crippen LogP contribution >= 0.6 is 0 Å². The highest BCUT2D eigenvalue weighted by atomic mass is 16.3. The average Bonchev–Trinajstić information content (AvgIpc) is 2.95. The molecular weight excluding hydrogens is 188 g/mol. The van der Waals surface area contributed by atoms with Crippen molar-refractivity contribution in [2.24, 2.45) is 0 Å². The summed E-state index contributed by atoms with van der Waals surface area (Å²) >= 11 is 0. The Morgan fingerprint density at radius 3 is 2.60 bits per heavy atom. The van der Waals surface area contributed by atoms with Gasteiger partial charge in [0, 0.05) is 20.3 Å². The van der Waals surface area contributed by atoms with E-state index in [9.17, 15) is 5.11 Å². The van der Waals surface area contributed by atoms with Crippen LogP contribution in [0.2, 0.25) is 0 Å². The second-order valence-corrected chi connectivity index (χ2v) is 4.64. The molecule has 0 aliphatic heterocycles. The van der Waals surface area contributed by atoms with E-state index in [1.54, 1.807) is 0 Å². The third-order valence-electron chi connectivity index (χ3n) is 2.97. The lowest BCUT2D eigenvalue weighted by atomic mass is 10.1. The second-order valence-electron chi connectivity index (χ2n) is 4.64. The quantitative estimate of drug-likeness (QED) is 0.813. The van der Waals surface area contributed by atoms with Gasteiger partial charge in [0.15, 0.2) is 0 Å². The van der Waals surface area contributed by atoms with Crippen LogP contribution in [-0.4, -0.2) is 29.8 Å². The number of pyridine rings is 1. The molecule has 1 heterocycles. The number of anilines is 1. The number of rotatable bonds is 4. The fraction of sp³-hybridized carbons (Fsp3) is 0.583. The zero-order valence-corrected chi connectivity index (χ0v) is 9.40. The fourth-order valence-corrected chi connectivity index (χ4v) is 1.60. The van der Waals surface area contributed by atoms with E-state index in [1.165, 1.54) is 5.56 Å². The Labute approximate surface area is 90.8 Å². The number of aromatic nitrogens is 1. The monoisotopic (exact) mass is 206 g/mol. The van der Waals surface area contributed by atoms with Crippen molar-refractivity contribution in [2.75, 3.05) is 19.0 Å². The first-order chi connectivity index (χ1) is 7.09. The third-order valence-corrected chi connectivity index (χ3v) is 2.97. The summed E-state index contributed by atoms with van der Waals surface area (Å²) in [6, 6.07) is 4.11. The molecule has 1 fully saturated rings. The third kappa shape index (κ3) is 2.69. The minimum Gasteiger partial charge on any atom is -0.390 e. The van der Waals surface area contributed by atoms with E-state index in [2.05, 4.69) is 11.1 Å². The van der Waals surface area contributed by atoms with Gasteiger partial charge in [-0.2, -0.15) is 0 Å². The van der Waals surface area contributed by atoms with E-state index < -0.39 is 0 Å². The van der Waals surface area contributed by atoms with Gasteiger partial charge in [-0.1, -0.05) is 6.07 Å². The molecule has 1 N–H and O–H groups in total. The van der Waals surface area contributed by atoms with Crippen molar-refractivity contribution in [1.29, 1.82) is 0 Å². The van der Waals surface area contributed by atoms with E-state index in [0.717, 1.165) is 31.5 Å². The van der Waals surface area contributed by atoms with Gasteiger partial charge in [-0.15, -0.1) is 0 Å². The number of hydrogen-bond acceptors (Lipinski definition) is 3. The van der Waals surface area contributed by atoms with Crippen LogP contribution in [0.4, 0.5) is 5.82 Å². The van der Waals surface area contributed by atoms with Crippen molar-refractivity contribution in [1.82, 2.24) is 4.98 Å². The molecule has 0 saturated heterocycles. The van der Waals surface area contributed by atoms with Gasteiger partial charge >= 0.3 is 0 Å². The van der Waals surface area contributed by atoms with Gasteiger partial charge in [0.2, 0.25) is 0 Å². The first kappa shape index (κ1) is 10.4. The topological polar surface area (TPSA) is 36.4 Å². The van der Waals surface area contributed by atoms with Crippen LogP contribution in [0, 0.1) is 0 Å². The Kier molecular flexibility index (Phi) is 2.65. The van der Waals surface area contributed by atoms with Crippen molar-refractivity contribution in [3.63, 3.8) is 0 Å². The van der Waals surface area contributed by atoms with Crippen LogP contribution in [0.15, 0.2) is 18.3 Å². The maximum Gasteiger partial charge on any atom is 0.127 e. The molecule has 1 aromatic rings. The first-order valence-electron chi connectivity index (χ1n) is 5.44. The predicted octanol–water partition coefficient (Wildman–Crippen LogP) is 1.61. The Hall–Kier alpha value is -1.09. The maximum atomic E-state index is 9.70. The first-order valence-corrected chi connectivity index (χ1v) is 5.44. The zero-order valence-electron chi connectivity index (χ0n) is 9.40. The molecule has 15 heavy (non-hydrogen) atoms. The maximum absolute atomic E-state index is 9.70. The molecule has 0 bridgehead atoms. The molecule has 2 rings (SSSR count). The van der Waals surface area contributed by atoms with E-state index >= 15 is 0 Å². The highest BCUT2D eigenvalue weighted by Gasteiger charge is 2.39. The minimum atomic E-state index is -0.347. The average molecular weight is 206 g/mol. The summed E-state index contributed by atoms with van der Waals surface area (Å²) < 4.78 is 0. The zero-order chi connectivity index (χ0) is 10.9. The fourth-order valence-electron chi connectivity index (χ4n) is 1.60. The molecule has 0 amide bonds. The Bertz CT molecular complexity index is 328. The van der Waals surface area contributed by atoms with E-state index in [1.807, 2.05) is 31.3 Å². The molecule has 3 nitrogen and oxygen atoms in total. The van der Waals surface area contributed by atoms with E-state index in [4.69, 9.17) is 0 Å². The molecule has 1 aliphatic rings. The molecule has 0 aromatic carbocycles. The number of nitrogens with zero attached hydrogens (tertiary/aromatic N) is 2. The highest BCUT2D eigenvalue weighted by molar-refractivity contribution is 5.37. The molecule has 3 heteroatoms. The van der Waals surface area contributed by atoms with Gasteiger partial charge in [-0.05, 0) is 37.3 Å². The summed E-state index contributed by atoms with van der Waals surface area (Å²) in [6.45, 7) is 0. The summed E-state index contributed by atoms with van der Waals surface area (Å²) in [4.78, 5) is 6.33. The molecule has 0 radical (unpaired) electrons. The lowest BCUT2D eigenvalue weighted by molar-refractivity contribution is 0.140. The lowest BCUT2D eigenvalue weighted by Gasteiger charge is -2.12. The van der Waals surface area contributed by atoms with Gasteiger partial charge in [0.25, 0.3) is 0 Å². The molecule has 82 valence electrons. The van der Waals surface area contributed by atoms with Crippen LogP contribution in [0.25, 0.3) is 0 Å². The van der Waals surface area contributed by atoms with Crippen LogP contribution in [0.3, 0.4) is 0 Å². The lowest BCUT2D eigenvalue weighted by Crippen LogP contribution is -2.11. The Morgan fingerprint density at radius 1 is 1.40 bits per heavy atom. The standard InChI is InChI=1S/C12H18N2O/c1-14(2)11-4-3-10(9-13-11)5-6-12(15)7-8-12/h3-4,9,15H,5-8H2,1-2H3. The Morgan fingerprint density at radius 2 is 2.13 bits per heavy atom. The summed E-state index contributed by atoms with van der Waals surface area (Å²) in [7, 11) is 3.96. The van der Waals surface area contributed by atoms with Crippen LogP contribution in [0.5, 0.6) is 0 Å². The molecule has 1 aliphatic carbocycles. The largest absolute Gasteiger partial charge is 0.390 e. The highest BCUT2D eigenvalue weighted by Crippen LogP contribution is 2.39. The minimum absolute atomic E-state index is 0.347. The van der Waals surface area contributed by atoms with Gasteiger partial charge in [0.05, 0.1) is 5.60 Å². The van der Waals surface area contributed by atoms with Crippen molar-refractivity contribution in [3.05, 3.63) is 23.9 Å². The van der Waals surface area contributed by atoms with Crippen LogP contribution in [0.1, 0.15) is 24.8 Å². The molecule has 0 unspecified atom stereocenters. The predicted molar refractivity (Wildman–Crippen MR) is 61.1 cm³/mol. The number of aryl methyl sites for hydroxylation is 1. The normalized spacial score (nSPS) is 17.5. The molecule has 1 saturated carbocycles. The summed E-state index contributed by atoms with van der Waals surface area (Å²) in [6.07, 6.45) is 5.64. The van der Waals surface area contributed by atoms with E-state index in [0.29, 0.717) is 0 Å². The van der Waals surface area contributed by atoms with Crippen molar-refractivity contribution in [3.8, 4) is 0 Å². The smallest absolute Gasteiger partial charge is 0.127 e. The Balaban J connectivity index is 1.92.